The maximum atomic E-state index is 12.6. The number of fused-ring (bicyclic) bond motifs is 1. The SMILES string of the molecule is COC(=O)C1=C(C)N=C2SC(C)=C(C)N2[C@H]1c1ccc(OC)c(OC)c1. The number of aliphatic imine (C=N–C) groups is 1. The fourth-order valence-corrected chi connectivity index (χ4v) is 4.24. The van der Waals surface area contributed by atoms with Crippen molar-refractivity contribution in [2.24, 2.45) is 4.99 Å². The zero-order valence-electron chi connectivity index (χ0n) is 15.7. The maximum Gasteiger partial charge on any atom is 0.338 e. The smallest absolute Gasteiger partial charge is 0.338 e. The lowest BCUT2D eigenvalue weighted by molar-refractivity contribution is -0.136. The maximum absolute atomic E-state index is 12.6. The van der Waals surface area contributed by atoms with Crippen LogP contribution in [0.3, 0.4) is 0 Å². The van der Waals surface area contributed by atoms with E-state index in [0.29, 0.717) is 22.8 Å². The zero-order valence-corrected chi connectivity index (χ0v) is 16.6. The molecule has 0 saturated heterocycles. The highest BCUT2D eigenvalue weighted by molar-refractivity contribution is 8.17. The van der Waals surface area contributed by atoms with E-state index in [1.807, 2.05) is 32.0 Å². The number of carbonyl (C=O) groups excluding carboxylic acids is 1. The molecule has 0 radical (unpaired) electrons. The molecule has 0 N–H and O–H groups in total. The summed E-state index contributed by atoms with van der Waals surface area (Å²) in [7, 11) is 4.58. The fourth-order valence-electron chi connectivity index (χ4n) is 3.19. The second kappa shape index (κ2) is 7.07. The van der Waals surface area contributed by atoms with E-state index >= 15 is 0 Å². The van der Waals surface area contributed by atoms with Crippen LogP contribution in [0.1, 0.15) is 32.4 Å². The summed E-state index contributed by atoms with van der Waals surface area (Å²) in [6.07, 6.45) is 0. The van der Waals surface area contributed by atoms with Crippen molar-refractivity contribution >= 4 is 22.9 Å². The lowest BCUT2D eigenvalue weighted by atomic mass is 9.93. The number of methoxy groups -OCH3 is 3. The molecule has 26 heavy (non-hydrogen) atoms. The topological polar surface area (TPSA) is 60.4 Å². The van der Waals surface area contributed by atoms with E-state index in [0.717, 1.165) is 21.3 Å². The van der Waals surface area contributed by atoms with E-state index in [-0.39, 0.29) is 12.0 Å². The fraction of sp³-hybridized carbons (Fsp3) is 0.368. The normalized spacial score (nSPS) is 19.4. The molecule has 1 aromatic rings. The van der Waals surface area contributed by atoms with Crippen molar-refractivity contribution in [1.82, 2.24) is 4.90 Å². The zero-order chi connectivity index (χ0) is 19.0. The van der Waals surface area contributed by atoms with E-state index in [1.165, 1.54) is 7.11 Å². The van der Waals surface area contributed by atoms with Gasteiger partial charge in [0, 0.05) is 10.6 Å². The molecule has 7 heteroatoms. The number of amidine groups is 1. The molecule has 2 heterocycles. The standard InChI is InChI=1S/C19H22N2O4S/c1-10-16(18(22)25-6)17(21-11(2)12(3)26-19(21)20-10)13-7-8-14(23-4)15(9-13)24-5/h7-9,17H,1-6H3/t17-/m0/s1. The minimum Gasteiger partial charge on any atom is -0.493 e. The van der Waals surface area contributed by atoms with E-state index in [4.69, 9.17) is 14.2 Å². The number of thioether (sulfide) groups is 1. The van der Waals surface area contributed by atoms with Crippen LogP contribution in [-0.2, 0) is 9.53 Å². The summed E-state index contributed by atoms with van der Waals surface area (Å²) in [5, 5.41) is 0.866. The molecule has 0 fully saturated rings. The largest absolute Gasteiger partial charge is 0.493 e. The lowest BCUT2D eigenvalue weighted by Crippen LogP contribution is -2.35. The summed E-state index contributed by atoms with van der Waals surface area (Å²) >= 11 is 1.61. The van der Waals surface area contributed by atoms with Gasteiger partial charge in [-0.15, -0.1) is 0 Å². The number of esters is 1. The van der Waals surface area contributed by atoms with Crippen LogP contribution in [0.5, 0.6) is 11.5 Å². The Morgan fingerprint density at radius 3 is 2.42 bits per heavy atom. The summed E-state index contributed by atoms with van der Waals surface area (Å²) in [6.45, 7) is 5.93. The molecule has 0 bridgehead atoms. The van der Waals surface area contributed by atoms with E-state index in [1.54, 1.807) is 26.0 Å². The Labute approximate surface area is 157 Å². The second-order valence-corrected chi connectivity index (χ2v) is 7.20. The Hall–Kier alpha value is -2.41. The third-order valence-corrected chi connectivity index (χ3v) is 5.71. The van der Waals surface area contributed by atoms with Crippen LogP contribution < -0.4 is 9.47 Å². The van der Waals surface area contributed by atoms with E-state index in [9.17, 15) is 4.79 Å². The lowest BCUT2D eigenvalue weighted by Gasteiger charge is -2.35. The molecule has 138 valence electrons. The Bertz CT molecular complexity index is 857. The van der Waals surface area contributed by atoms with Crippen LogP contribution >= 0.6 is 11.8 Å². The third-order valence-electron chi connectivity index (χ3n) is 4.63. The molecule has 0 amide bonds. The predicted molar refractivity (Wildman–Crippen MR) is 102 cm³/mol. The second-order valence-electron chi connectivity index (χ2n) is 6.02. The first-order valence-electron chi connectivity index (χ1n) is 8.17. The summed E-state index contributed by atoms with van der Waals surface area (Å²) < 4.78 is 15.8. The highest BCUT2D eigenvalue weighted by atomic mass is 32.2. The molecule has 3 rings (SSSR count). The van der Waals surface area contributed by atoms with Crippen LogP contribution in [0.15, 0.2) is 45.1 Å². The Morgan fingerprint density at radius 1 is 1.12 bits per heavy atom. The van der Waals surface area contributed by atoms with Gasteiger partial charge in [0.25, 0.3) is 0 Å². The van der Waals surface area contributed by atoms with Gasteiger partial charge in [-0.1, -0.05) is 17.8 Å². The quantitative estimate of drug-likeness (QED) is 0.746. The van der Waals surface area contributed by atoms with Crippen molar-refractivity contribution in [3.05, 3.63) is 45.6 Å². The number of benzene rings is 1. The van der Waals surface area contributed by atoms with E-state index in [2.05, 4.69) is 16.8 Å². The molecule has 0 aromatic heterocycles. The number of nitrogens with zero attached hydrogens (tertiary/aromatic N) is 2. The first kappa shape index (κ1) is 18.4. The molecule has 0 aliphatic carbocycles. The highest BCUT2D eigenvalue weighted by Crippen LogP contribution is 2.47. The van der Waals surface area contributed by atoms with Crippen molar-refractivity contribution in [2.45, 2.75) is 26.8 Å². The molecular formula is C19H22N2O4S. The van der Waals surface area contributed by atoms with Crippen molar-refractivity contribution in [2.75, 3.05) is 21.3 Å². The monoisotopic (exact) mass is 374 g/mol. The van der Waals surface area contributed by atoms with Crippen LogP contribution in [0.25, 0.3) is 0 Å². The summed E-state index contributed by atoms with van der Waals surface area (Å²) in [6, 6.07) is 5.35. The number of carbonyl (C=O) groups is 1. The molecule has 1 atom stereocenters. The first-order valence-corrected chi connectivity index (χ1v) is 8.98. The molecule has 2 aliphatic rings. The highest BCUT2D eigenvalue weighted by Gasteiger charge is 2.41. The average molecular weight is 374 g/mol. The van der Waals surface area contributed by atoms with Crippen molar-refractivity contribution < 1.29 is 19.0 Å². The van der Waals surface area contributed by atoms with Gasteiger partial charge in [0.2, 0.25) is 0 Å². The Kier molecular flexibility index (Phi) is 5.00. The third kappa shape index (κ3) is 2.86. The number of allylic oxidation sites excluding steroid dienone is 3. The van der Waals surface area contributed by atoms with Gasteiger partial charge in [-0.3, -0.25) is 0 Å². The van der Waals surface area contributed by atoms with Gasteiger partial charge >= 0.3 is 5.97 Å². The van der Waals surface area contributed by atoms with Crippen LogP contribution in [0.2, 0.25) is 0 Å². The molecule has 0 unspecified atom stereocenters. The Morgan fingerprint density at radius 2 is 1.81 bits per heavy atom. The molecule has 0 spiro atoms. The molecule has 2 aliphatic heterocycles. The van der Waals surface area contributed by atoms with Gasteiger partial charge in [0.1, 0.15) is 0 Å². The van der Waals surface area contributed by atoms with Gasteiger partial charge in [0.15, 0.2) is 16.7 Å². The van der Waals surface area contributed by atoms with Gasteiger partial charge in [-0.05, 0) is 38.5 Å². The van der Waals surface area contributed by atoms with Gasteiger partial charge in [-0.2, -0.15) is 0 Å². The summed E-state index contributed by atoms with van der Waals surface area (Å²) in [5.41, 5.74) is 3.17. The minimum atomic E-state index is -0.382. The van der Waals surface area contributed by atoms with Crippen LogP contribution in [0, 0.1) is 0 Å². The number of hydrogen-bond acceptors (Lipinski definition) is 7. The number of hydrogen-bond donors (Lipinski definition) is 0. The molecule has 6 nitrogen and oxygen atoms in total. The number of rotatable bonds is 4. The predicted octanol–water partition coefficient (Wildman–Crippen LogP) is 3.86. The summed E-state index contributed by atoms with van der Waals surface area (Å²) in [5.74, 6) is 0.870. The minimum absolute atomic E-state index is 0.334. The molecule has 1 aromatic carbocycles. The summed E-state index contributed by atoms with van der Waals surface area (Å²) in [4.78, 5) is 20.4. The molecular weight excluding hydrogens is 352 g/mol. The van der Waals surface area contributed by atoms with Crippen molar-refractivity contribution in [1.29, 1.82) is 0 Å². The van der Waals surface area contributed by atoms with Crippen LogP contribution in [0.4, 0.5) is 0 Å². The van der Waals surface area contributed by atoms with Gasteiger partial charge < -0.3 is 19.1 Å². The first-order chi connectivity index (χ1) is 12.4. The Balaban J connectivity index is 2.20. The number of ether oxygens (including phenoxy) is 3. The molecule has 0 saturated carbocycles. The van der Waals surface area contributed by atoms with E-state index < -0.39 is 0 Å². The van der Waals surface area contributed by atoms with Crippen molar-refractivity contribution in [3.63, 3.8) is 0 Å². The van der Waals surface area contributed by atoms with Crippen LogP contribution in [-0.4, -0.2) is 37.4 Å². The average Bonchev–Trinajstić information content (AvgIpc) is 2.92. The van der Waals surface area contributed by atoms with Gasteiger partial charge in [0.05, 0.1) is 38.6 Å². The van der Waals surface area contributed by atoms with Crippen molar-refractivity contribution in [3.8, 4) is 11.5 Å². The van der Waals surface area contributed by atoms with Gasteiger partial charge in [-0.25, -0.2) is 9.79 Å².